The molecule has 0 aliphatic heterocycles. The van der Waals surface area contributed by atoms with Gasteiger partial charge in [0, 0.05) is 17.1 Å². The van der Waals surface area contributed by atoms with Crippen LogP contribution in [0.25, 0.3) is 0 Å². The van der Waals surface area contributed by atoms with Gasteiger partial charge in [0.25, 0.3) is 0 Å². The molecule has 0 bridgehead atoms. The van der Waals surface area contributed by atoms with Gasteiger partial charge in [-0.3, -0.25) is 0 Å². The molecule has 16 heavy (non-hydrogen) atoms. The highest BCUT2D eigenvalue weighted by Crippen LogP contribution is 2.27. The smallest absolute Gasteiger partial charge is 0.114 e. The van der Waals surface area contributed by atoms with Crippen LogP contribution in [0.15, 0.2) is 22.2 Å². The van der Waals surface area contributed by atoms with Crippen LogP contribution in [-0.2, 0) is 0 Å². The van der Waals surface area contributed by atoms with Gasteiger partial charge < -0.3 is 5.32 Å². The molecule has 0 aliphatic rings. The van der Waals surface area contributed by atoms with E-state index in [0.717, 1.165) is 10.7 Å². The van der Waals surface area contributed by atoms with Crippen molar-refractivity contribution in [3.63, 3.8) is 0 Å². The van der Waals surface area contributed by atoms with E-state index in [2.05, 4.69) is 46.4 Å². The minimum Gasteiger partial charge on any atom is -0.302 e. The highest BCUT2D eigenvalue weighted by molar-refractivity contribution is 7.10. The quantitative estimate of drug-likeness (QED) is 0.899. The van der Waals surface area contributed by atoms with Crippen LogP contribution < -0.4 is 5.32 Å². The first-order valence-electron chi connectivity index (χ1n) is 5.37. The van der Waals surface area contributed by atoms with Crippen LogP contribution in [0.2, 0.25) is 0 Å². The van der Waals surface area contributed by atoms with Crippen molar-refractivity contribution >= 4 is 22.7 Å². The van der Waals surface area contributed by atoms with Gasteiger partial charge >= 0.3 is 0 Å². The predicted octanol–water partition coefficient (Wildman–Crippen LogP) is 3.60. The zero-order valence-electron chi connectivity index (χ0n) is 9.73. The third-order valence-corrected chi connectivity index (χ3v) is 3.99. The van der Waals surface area contributed by atoms with Gasteiger partial charge in [0.2, 0.25) is 0 Å². The lowest BCUT2D eigenvalue weighted by Crippen LogP contribution is -2.28. The molecule has 0 aromatic carbocycles. The number of aryl methyl sites for hydroxylation is 1. The molecule has 2 aromatic heterocycles. The lowest BCUT2D eigenvalue weighted by atomic mass is 10.1. The van der Waals surface area contributed by atoms with Crippen molar-refractivity contribution in [1.82, 2.24) is 10.3 Å². The van der Waals surface area contributed by atoms with Crippen molar-refractivity contribution in [1.29, 1.82) is 0 Å². The summed E-state index contributed by atoms with van der Waals surface area (Å²) >= 11 is 3.46. The Morgan fingerprint density at radius 1 is 1.31 bits per heavy atom. The number of nitrogens with one attached hydrogen (secondary N) is 1. The van der Waals surface area contributed by atoms with Crippen molar-refractivity contribution in [3.05, 3.63) is 38.5 Å². The first-order chi connectivity index (χ1) is 7.66. The summed E-state index contributed by atoms with van der Waals surface area (Å²) in [5.74, 6) is 0. The van der Waals surface area contributed by atoms with Crippen LogP contribution in [0.5, 0.6) is 0 Å². The summed E-state index contributed by atoms with van der Waals surface area (Å²) in [7, 11) is 0. The summed E-state index contributed by atoms with van der Waals surface area (Å²) in [6, 6.07) is 2.86. The van der Waals surface area contributed by atoms with Crippen molar-refractivity contribution < 1.29 is 0 Å². The molecule has 0 aliphatic carbocycles. The molecule has 2 rings (SSSR count). The molecule has 1 unspecified atom stereocenters. The number of hydrogen-bond donors (Lipinski definition) is 1. The van der Waals surface area contributed by atoms with Crippen molar-refractivity contribution in [3.8, 4) is 0 Å². The molecule has 2 aromatic rings. The zero-order valence-corrected chi connectivity index (χ0v) is 11.4. The highest BCUT2D eigenvalue weighted by atomic mass is 32.1. The molecule has 0 saturated carbocycles. The lowest BCUT2D eigenvalue weighted by Gasteiger charge is -2.18. The second-order valence-corrected chi connectivity index (χ2v) is 5.81. The average molecular weight is 252 g/mol. The second-order valence-electron chi connectivity index (χ2n) is 4.14. The Balaban J connectivity index is 2.28. The summed E-state index contributed by atoms with van der Waals surface area (Å²) in [6.07, 6.45) is 0. The standard InChI is InChI=1S/C12H16N2S2/c1-8(2)13-11(10-4-5-15-7-10)12-14-9(3)6-16-12/h4-8,11,13H,1-3H3. The van der Waals surface area contributed by atoms with E-state index in [-0.39, 0.29) is 6.04 Å². The van der Waals surface area contributed by atoms with E-state index in [0.29, 0.717) is 6.04 Å². The number of thiazole rings is 1. The molecule has 4 heteroatoms. The fraction of sp³-hybridized carbons (Fsp3) is 0.417. The van der Waals surface area contributed by atoms with E-state index < -0.39 is 0 Å². The van der Waals surface area contributed by atoms with E-state index in [9.17, 15) is 0 Å². The third kappa shape index (κ3) is 2.70. The Kier molecular flexibility index (Phi) is 3.74. The van der Waals surface area contributed by atoms with Crippen molar-refractivity contribution in [2.45, 2.75) is 32.9 Å². The van der Waals surface area contributed by atoms with Gasteiger partial charge in [0.1, 0.15) is 5.01 Å². The maximum absolute atomic E-state index is 4.58. The largest absolute Gasteiger partial charge is 0.302 e. The highest BCUT2D eigenvalue weighted by Gasteiger charge is 2.18. The molecule has 0 saturated heterocycles. The Hall–Kier alpha value is -0.710. The van der Waals surface area contributed by atoms with Gasteiger partial charge in [0.05, 0.1) is 6.04 Å². The first-order valence-corrected chi connectivity index (χ1v) is 7.19. The van der Waals surface area contributed by atoms with E-state index in [1.807, 2.05) is 6.92 Å². The first kappa shape index (κ1) is 11.8. The van der Waals surface area contributed by atoms with Gasteiger partial charge in [-0.15, -0.1) is 11.3 Å². The number of aromatic nitrogens is 1. The van der Waals surface area contributed by atoms with Crippen LogP contribution in [0, 0.1) is 6.92 Å². The summed E-state index contributed by atoms with van der Waals surface area (Å²) in [5.41, 5.74) is 2.42. The summed E-state index contributed by atoms with van der Waals surface area (Å²) in [4.78, 5) is 4.58. The Labute approximate surface area is 104 Å². The van der Waals surface area contributed by atoms with E-state index in [1.165, 1.54) is 5.56 Å². The molecule has 0 spiro atoms. The average Bonchev–Trinajstić information content (AvgIpc) is 2.84. The third-order valence-electron chi connectivity index (χ3n) is 2.26. The number of thiophene rings is 1. The van der Waals surface area contributed by atoms with E-state index in [4.69, 9.17) is 0 Å². The zero-order chi connectivity index (χ0) is 11.5. The minimum atomic E-state index is 0.241. The molecule has 2 nitrogen and oxygen atoms in total. The molecule has 0 fully saturated rings. The summed E-state index contributed by atoms with van der Waals surface area (Å²) < 4.78 is 0. The lowest BCUT2D eigenvalue weighted by molar-refractivity contribution is 0.527. The number of nitrogens with zero attached hydrogens (tertiary/aromatic N) is 1. The fourth-order valence-electron chi connectivity index (χ4n) is 1.59. The van der Waals surface area contributed by atoms with Gasteiger partial charge in [-0.25, -0.2) is 4.98 Å². The minimum absolute atomic E-state index is 0.241. The maximum atomic E-state index is 4.58. The summed E-state index contributed by atoms with van der Waals surface area (Å²) in [6.45, 7) is 6.37. The summed E-state index contributed by atoms with van der Waals surface area (Å²) in [5, 5.41) is 11.1. The van der Waals surface area contributed by atoms with Gasteiger partial charge in [-0.2, -0.15) is 11.3 Å². The maximum Gasteiger partial charge on any atom is 0.114 e. The normalized spacial score (nSPS) is 13.2. The van der Waals surface area contributed by atoms with Crippen LogP contribution in [0.1, 0.15) is 36.2 Å². The monoisotopic (exact) mass is 252 g/mol. The van der Waals surface area contributed by atoms with Gasteiger partial charge in [0.15, 0.2) is 0 Å². The van der Waals surface area contributed by atoms with Gasteiger partial charge in [-0.1, -0.05) is 0 Å². The van der Waals surface area contributed by atoms with Gasteiger partial charge in [-0.05, 0) is 43.2 Å². The predicted molar refractivity (Wildman–Crippen MR) is 71.3 cm³/mol. The van der Waals surface area contributed by atoms with Crippen LogP contribution in [0.4, 0.5) is 0 Å². The molecule has 1 atom stereocenters. The van der Waals surface area contributed by atoms with Crippen LogP contribution in [0.3, 0.4) is 0 Å². The second kappa shape index (κ2) is 5.08. The fourth-order valence-corrected chi connectivity index (χ4v) is 3.15. The Morgan fingerprint density at radius 3 is 2.62 bits per heavy atom. The van der Waals surface area contributed by atoms with Crippen molar-refractivity contribution in [2.24, 2.45) is 0 Å². The Morgan fingerprint density at radius 2 is 2.12 bits per heavy atom. The SMILES string of the molecule is Cc1csc(C(NC(C)C)c2ccsc2)n1. The molecular weight excluding hydrogens is 236 g/mol. The molecule has 86 valence electrons. The topological polar surface area (TPSA) is 24.9 Å². The molecule has 0 amide bonds. The number of rotatable bonds is 4. The van der Waals surface area contributed by atoms with Crippen LogP contribution >= 0.6 is 22.7 Å². The molecular formula is C12H16N2S2. The van der Waals surface area contributed by atoms with E-state index in [1.54, 1.807) is 22.7 Å². The van der Waals surface area contributed by atoms with Crippen molar-refractivity contribution in [2.75, 3.05) is 0 Å². The van der Waals surface area contributed by atoms with Crippen LogP contribution in [-0.4, -0.2) is 11.0 Å². The Bertz CT molecular complexity index is 432. The molecule has 2 heterocycles. The van der Waals surface area contributed by atoms with E-state index >= 15 is 0 Å². The molecule has 1 N–H and O–H groups in total. The number of hydrogen-bond acceptors (Lipinski definition) is 4. The molecule has 0 radical (unpaired) electrons.